The molecule has 4 N–H and O–H groups in total. The van der Waals surface area contributed by atoms with Crippen molar-refractivity contribution < 1.29 is 29.3 Å². The van der Waals surface area contributed by atoms with Gasteiger partial charge in [0.25, 0.3) is 5.72 Å². The van der Waals surface area contributed by atoms with Gasteiger partial charge in [-0.15, -0.1) is 0 Å². The van der Waals surface area contributed by atoms with Gasteiger partial charge in [-0.25, -0.2) is 14.6 Å². The molecule has 1 aromatic heterocycles. The fraction of sp³-hybridized carbons (Fsp3) is 0.423. The summed E-state index contributed by atoms with van der Waals surface area (Å²) < 4.78 is 10.1. The zero-order valence-corrected chi connectivity index (χ0v) is 19.3. The number of nitrogens with two attached hydrogens (primary N) is 1. The normalized spacial score (nSPS) is 23.3. The van der Waals surface area contributed by atoms with Crippen LogP contribution in [0.25, 0.3) is 10.9 Å². The van der Waals surface area contributed by atoms with E-state index in [2.05, 4.69) is 23.7 Å². The highest BCUT2D eigenvalue weighted by Crippen LogP contribution is 2.35. The Labute approximate surface area is 198 Å². The summed E-state index contributed by atoms with van der Waals surface area (Å²) in [7, 11) is 0. The molecule has 2 heterocycles. The Morgan fingerprint density at radius 3 is 2.44 bits per heavy atom. The molecular formula is C26H30N2O6. The van der Waals surface area contributed by atoms with Crippen LogP contribution in [0.4, 0.5) is 0 Å². The molecule has 2 aromatic rings. The van der Waals surface area contributed by atoms with Gasteiger partial charge in [-0.2, -0.15) is 0 Å². The molecule has 1 aromatic carbocycles. The minimum absolute atomic E-state index is 0.199. The SMILES string of the molecule is CCCCCCCCC#Cc1ccc2nc(C3(O)OC(=O)/C=C\C(=O)OC3(N)CO)ccc2c1. The number of benzene rings is 1. The fourth-order valence-electron chi connectivity index (χ4n) is 3.64. The lowest BCUT2D eigenvalue weighted by Gasteiger charge is -2.40. The van der Waals surface area contributed by atoms with Crippen molar-refractivity contribution in [3.8, 4) is 11.8 Å². The van der Waals surface area contributed by atoms with Crippen LogP contribution in [0, 0.1) is 11.8 Å². The standard InChI is InChI=1S/C26H30N2O6/c1-2-3-4-5-6-7-8-9-10-19-11-13-21-20(17-19)12-14-22(28-21)26(32)25(27,18-29)33-23(30)15-16-24(31)34-26/h11-17,29,32H,2-8,18,27H2,1H3/b16-15-. The second-order valence-corrected chi connectivity index (χ2v) is 8.29. The molecule has 2 atom stereocenters. The molecule has 0 spiro atoms. The summed E-state index contributed by atoms with van der Waals surface area (Å²) in [6, 6.07) is 8.41. The predicted molar refractivity (Wildman–Crippen MR) is 126 cm³/mol. The monoisotopic (exact) mass is 466 g/mol. The summed E-state index contributed by atoms with van der Waals surface area (Å²) in [5.41, 5.74) is 4.59. The number of aliphatic hydroxyl groups is 2. The Morgan fingerprint density at radius 1 is 1.00 bits per heavy atom. The number of fused-ring (bicyclic) bond motifs is 1. The van der Waals surface area contributed by atoms with E-state index in [0.29, 0.717) is 5.52 Å². The van der Waals surface area contributed by atoms with E-state index in [-0.39, 0.29) is 5.69 Å². The van der Waals surface area contributed by atoms with Crippen molar-refractivity contribution in [3.63, 3.8) is 0 Å². The van der Waals surface area contributed by atoms with Gasteiger partial charge >= 0.3 is 17.7 Å². The molecular weight excluding hydrogens is 436 g/mol. The van der Waals surface area contributed by atoms with Crippen molar-refractivity contribution in [1.82, 2.24) is 4.98 Å². The van der Waals surface area contributed by atoms with Gasteiger partial charge in [-0.1, -0.05) is 56.9 Å². The van der Waals surface area contributed by atoms with Crippen molar-refractivity contribution in [2.45, 2.75) is 63.4 Å². The van der Waals surface area contributed by atoms with Crippen molar-refractivity contribution in [1.29, 1.82) is 0 Å². The molecule has 3 rings (SSSR count). The number of carbonyl (C=O) groups excluding carboxylic acids is 2. The number of pyridine rings is 1. The molecule has 8 nitrogen and oxygen atoms in total. The van der Waals surface area contributed by atoms with Crippen LogP contribution in [0.15, 0.2) is 42.5 Å². The lowest BCUT2D eigenvalue weighted by Crippen LogP contribution is -2.65. The number of esters is 2. The van der Waals surface area contributed by atoms with Gasteiger partial charge in [-0.05, 0) is 30.7 Å². The summed E-state index contributed by atoms with van der Waals surface area (Å²) in [6.07, 6.45) is 9.74. The Morgan fingerprint density at radius 2 is 1.71 bits per heavy atom. The number of carbonyl (C=O) groups is 2. The molecule has 0 amide bonds. The van der Waals surface area contributed by atoms with E-state index in [0.717, 1.165) is 35.9 Å². The number of cyclic esters (lactones) is 2. The molecule has 1 aliphatic heterocycles. The van der Waals surface area contributed by atoms with E-state index in [1.807, 2.05) is 6.07 Å². The number of hydrogen-bond acceptors (Lipinski definition) is 8. The smallest absolute Gasteiger partial charge is 0.334 e. The van der Waals surface area contributed by atoms with Gasteiger partial charge in [0.15, 0.2) is 0 Å². The first-order valence-corrected chi connectivity index (χ1v) is 11.5. The summed E-state index contributed by atoms with van der Waals surface area (Å²) in [5.74, 6) is 1.58. The molecule has 0 radical (unpaired) electrons. The van der Waals surface area contributed by atoms with Crippen LogP contribution in [-0.4, -0.2) is 39.5 Å². The van der Waals surface area contributed by atoms with E-state index >= 15 is 0 Å². The van der Waals surface area contributed by atoms with E-state index in [1.165, 1.54) is 38.2 Å². The van der Waals surface area contributed by atoms with Crippen molar-refractivity contribution >= 4 is 22.8 Å². The van der Waals surface area contributed by atoms with E-state index in [1.54, 1.807) is 18.2 Å². The minimum Gasteiger partial charge on any atom is -0.431 e. The molecule has 0 fully saturated rings. The zero-order chi connectivity index (χ0) is 24.6. The first kappa shape index (κ1) is 25.4. The average Bonchev–Trinajstić information content (AvgIpc) is 2.83. The van der Waals surface area contributed by atoms with Crippen molar-refractivity contribution in [2.75, 3.05) is 6.61 Å². The lowest BCUT2D eigenvalue weighted by molar-refractivity contribution is -0.306. The number of nitrogens with zero attached hydrogens (tertiary/aromatic N) is 1. The molecule has 2 unspecified atom stereocenters. The molecule has 0 saturated carbocycles. The van der Waals surface area contributed by atoms with Gasteiger partial charge < -0.3 is 19.7 Å². The van der Waals surface area contributed by atoms with Gasteiger partial charge in [0, 0.05) is 29.5 Å². The largest absolute Gasteiger partial charge is 0.431 e. The third kappa shape index (κ3) is 5.81. The maximum atomic E-state index is 12.0. The summed E-state index contributed by atoms with van der Waals surface area (Å²) in [4.78, 5) is 28.2. The number of unbranched alkanes of at least 4 members (excludes halogenated alkanes) is 6. The van der Waals surface area contributed by atoms with Gasteiger partial charge in [-0.3, -0.25) is 5.73 Å². The van der Waals surface area contributed by atoms with Gasteiger partial charge in [0.2, 0.25) is 0 Å². The fourth-order valence-corrected chi connectivity index (χ4v) is 3.64. The second kappa shape index (κ2) is 11.3. The van der Waals surface area contributed by atoms with Crippen LogP contribution in [0.3, 0.4) is 0 Å². The number of ether oxygens (including phenoxy) is 2. The molecule has 180 valence electrons. The number of aromatic nitrogens is 1. The summed E-state index contributed by atoms with van der Waals surface area (Å²) >= 11 is 0. The molecule has 0 aliphatic carbocycles. The zero-order valence-electron chi connectivity index (χ0n) is 19.3. The first-order chi connectivity index (χ1) is 16.3. The lowest BCUT2D eigenvalue weighted by atomic mass is 9.98. The van der Waals surface area contributed by atoms with Gasteiger partial charge in [0.05, 0.1) is 5.52 Å². The van der Waals surface area contributed by atoms with Crippen LogP contribution in [-0.2, 0) is 24.8 Å². The van der Waals surface area contributed by atoms with Crippen molar-refractivity contribution in [2.24, 2.45) is 5.73 Å². The highest BCUT2D eigenvalue weighted by atomic mass is 16.7. The number of hydrogen-bond donors (Lipinski definition) is 3. The van der Waals surface area contributed by atoms with E-state index in [4.69, 9.17) is 15.2 Å². The summed E-state index contributed by atoms with van der Waals surface area (Å²) in [5, 5.41) is 21.7. The molecule has 0 saturated heterocycles. The Bertz CT molecular complexity index is 1140. The van der Waals surface area contributed by atoms with E-state index < -0.39 is 30.1 Å². The van der Waals surface area contributed by atoms with Crippen LogP contribution in [0.5, 0.6) is 0 Å². The Hall–Kier alpha value is -3.25. The molecule has 1 aliphatic rings. The maximum absolute atomic E-state index is 12.0. The number of aliphatic hydroxyl groups excluding tert-OH is 1. The molecule has 0 bridgehead atoms. The van der Waals surface area contributed by atoms with Crippen LogP contribution < -0.4 is 5.73 Å². The minimum atomic E-state index is -2.72. The first-order valence-electron chi connectivity index (χ1n) is 11.5. The molecule has 34 heavy (non-hydrogen) atoms. The topological polar surface area (TPSA) is 132 Å². The molecule has 8 heteroatoms. The van der Waals surface area contributed by atoms with Gasteiger partial charge in [0.1, 0.15) is 12.3 Å². The third-order valence-corrected chi connectivity index (χ3v) is 5.62. The third-order valence-electron chi connectivity index (χ3n) is 5.62. The van der Waals surface area contributed by atoms with E-state index in [9.17, 15) is 19.8 Å². The van der Waals surface area contributed by atoms with Crippen LogP contribution in [0.1, 0.15) is 63.1 Å². The maximum Gasteiger partial charge on any atom is 0.334 e. The van der Waals surface area contributed by atoms with Crippen LogP contribution in [0.2, 0.25) is 0 Å². The quantitative estimate of drug-likeness (QED) is 0.307. The average molecular weight is 467 g/mol. The Kier molecular flexibility index (Phi) is 8.40. The second-order valence-electron chi connectivity index (χ2n) is 8.29. The Balaban J connectivity index is 1.80. The predicted octanol–water partition coefficient (Wildman–Crippen LogP) is 2.79. The highest BCUT2D eigenvalue weighted by molar-refractivity contribution is 5.92. The van der Waals surface area contributed by atoms with Crippen molar-refractivity contribution in [3.05, 3.63) is 53.7 Å². The summed E-state index contributed by atoms with van der Waals surface area (Å²) in [6.45, 7) is 1.18. The number of rotatable bonds is 8. The highest BCUT2D eigenvalue weighted by Gasteiger charge is 2.57. The van der Waals surface area contributed by atoms with Crippen LogP contribution >= 0.6 is 0 Å².